The number of fused-ring (bicyclic) bond motifs is 2. The van der Waals surface area contributed by atoms with Gasteiger partial charge >= 0.3 is 0 Å². The van der Waals surface area contributed by atoms with E-state index in [2.05, 4.69) is 0 Å². The van der Waals surface area contributed by atoms with Gasteiger partial charge in [-0.25, -0.2) is 0 Å². The molecule has 0 unspecified atom stereocenters. The number of hydrogen-bond acceptors (Lipinski definition) is 4. The minimum Gasteiger partial charge on any atom is -0.497 e. The Kier molecular flexibility index (Phi) is 4.37. The molecule has 2 aromatic heterocycles. The first-order chi connectivity index (χ1) is 15.3. The van der Waals surface area contributed by atoms with Gasteiger partial charge in [-0.3, -0.25) is 14.5 Å². The van der Waals surface area contributed by atoms with Crippen LogP contribution in [0.2, 0.25) is 0 Å². The number of nitrogens with zero attached hydrogens (tertiary/aromatic N) is 3. The Morgan fingerprint density at radius 2 is 1.06 bits per heavy atom. The molecule has 0 bridgehead atoms. The van der Waals surface area contributed by atoms with Crippen LogP contribution >= 0.6 is 0 Å². The number of carbonyl (C=O) groups excluding carboxylic acids is 2. The SMILES string of the molecule is COc1ccc2c(c1)c(C1=C(c3cn(C)c4ccc(OC)cc34)C(=O)N(C)C1=O)cn2C. The molecule has 3 heterocycles. The molecule has 162 valence electrons. The molecule has 1 aliphatic rings. The number of hydrogen-bond donors (Lipinski definition) is 0. The lowest BCUT2D eigenvalue weighted by Crippen LogP contribution is -2.26. The average Bonchev–Trinajstić information content (AvgIpc) is 3.38. The van der Waals surface area contributed by atoms with Gasteiger partial charge in [0.15, 0.2) is 0 Å². The molecular weight excluding hydrogens is 406 g/mol. The van der Waals surface area contributed by atoms with Crippen LogP contribution in [0.5, 0.6) is 11.5 Å². The van der Waals surface area contributed by atoms with Gasteiger partial charge < -0.3 is 18.6 Å². The van der Waals surface area contributed by atoms with Crippen molar-refractivity contribution in [1.29, 1.82) is 0 Å². The first-order valence-corrected chi connectivity index (χ1v) is 10.2. The van der Waals surface area contributed by atoms with Crippen LogP contribution in [0.25, 0.3) is 33.0 Å². The van der Waals surface area contributed by atoms with E-state index in [1.165, 1.54) is 11.9 Å². The molecule has 7 heteroatoms. The fourth-order valence-electron chi connectivity index (χ4n) is 4.54. The molecule has 0 saturated carbocycles. The van der Waals surface area contributed by atoms with Crippen LogP contribution in [-0.2, 0) is 23.7 Å². The maximum atomic E-state index is 13.3. The zero-order chi connectivity index (χ0) is 22.7. The molecule has 32 heavy (non-hydrogen) atoms. The van der Waals surface area contributed by atoms with Crippen LogP contribution in [-0.4, -0.2) is 47.1 Å². The summed E-state index contributed by atoms with van der Waals surface area (Å²) in [6.07, 6.45) is 3.80. The number of carbonyl (C=O) groups is 2. The lowest BCUT2D eigenvalue weighted by atomic mass is 9.95. The van der Waals surface area contributed by atoms with E-state index >= 15 is 0 Å². The van der Waals surface area contributed by atoms with E-state index in [0.717, 1.165) is 21.8 Å². The summed E-state index contributed by atoms with van der Waals surface area (Å²) in [5.41, 5.74) is 4.10. The van der Waals surface area contributed by atoms with Crippen molar-refractivity contribution >= 4 is 44.8 Å². The third kappa shape index (κ3) is 2.67. The minimum absolute atomic E-state index is 0.319. The van der Waals surface area contributed by atoms with Crippen molar-refractivity contribution in [2.75, 3.05) is 21.3 Å². The number of imide groups is 1. The van der Waals surface area contributed by atoms with Crippen LogP contribution in [0.4, 0.5) is 0 Å². The van der Waals surface area contributed by atoms with Crippen molar-refractivity contribution < 1.29 is 19.1 Å². The molecule has 2 amide bonds. The predicted octanol–water partition coefficient (Wildman–Crippen LogP) is 3.60. The normalized spacial score (nSPS) is 14.3. The van der Waals surface area contributed by atoms with Gasteiger partial charge in [-0.15, -0.1) is 0 Å². The second-order valence-corrected chi connectivity index (χ2v) is 7.99. The highest BCUT2D eigenvalue weighted by Gasteiger charge is 2.39. The largest absolute Gasteiger partial charge is 0.497 e. The molecule has 4 aromatic rings. The summed E-state index contributed by atoms with van der Waals surface area (Å²) < 4.78 is 14.7. The molecule has 2 aromatic carbocycles. The number of aryl methyl sites for hydroxylation is 2. The van der Waals surface area contributed by atoms with Crippen molar-refractivity contribution in [2.24, 2.45) is 14.1 Å². The summed E-state index contributed by atoms with van der Waals surface area (Å²) in [5.74, 6) is 0.736. The van der Waals surface area contributed by atoms with E-state index in [0.29, 0.717) is 33.8 Å². The van der Waals surface area contributed by atoms with E-state index in [1.807, 2.05) is 72.0 Å². The van der Waals surface area contributed by atoms with Crippen LogP contribution in [0.15, 0.2) is 48.8 Å². The summed E-state index contributed by atoms with van der Waals surface area (Å²) in [4.78, 5) is 27.9. The summed E-state index contributed by atoms with van der Waals surface area (Å²) in [7, 11) is 8.58. The van der Waals surface area contributed by atoms with Gasteiger partial charge in [0.2, 0.25) is 0 Å². The van der Waals surface area contributed by atoms with Gasteiger partial charge in [-0.05, 0) is 36.4 Å². The van der Waals surface area contributed by atoms with E-state index in [4.69, 9.17) is 9.47 Å². The molecule has 5 rings (SSSR count). The van der Waals surface area contributed by atoms with Crippen molar-refractivity contribution in [1.82, 2.24) is 14.0 Å². The van der Waals surface area contributed by atoms with E-state index < -0.39 is 0 Å². The summed E-state index contributed by atoms with van der Waals surface area (Å²) in [6.45, 7) is 0. The Hall–Kier alpha value is -4.00. The molecule has 0 spiro atoms. The predicted molar refractivity (Wildman–Crippen MR) is 124 cm³/mol. The summed E-state index contributed by atoms with van der Waals surface area (Å²) in [6, 6.07) is 11.5. The fraction of sp³-hybridized carbons (Fsp3) is 0.200. The van der Waals surface area contributed by atoms with E-state index in [9.17, 15) is 9.59 Å². The van der Waals surface area contributed by atoms with Crippen molar-refractivity contribution in [3.8, 4) is 11.5 Å². The Morgan fingerprint density at radius 3 is 1.44 bits per heavy atom. The first-order valence-electron chi connectivity index (χ1n) is 10.2. The van der Waals surface area contributed by atoms with Gasteiger partial charge in [-0.2, -0.15) is 0 Å². The Bertz CT molecular complexity index is 1360. The fourth-order valence-corrected chi connectivity index (χ4v) is 4.54. The smallest absolute Gasteiger partial charge is 0.261 e. The van der Waals surface area contributed by atoms with Gasteiger partial charge in [-0.1, -0.05) is 0 Å². The summed E-state index contributed by atoms with van der Waals surface area (Å²) in [5, 5.41) is 1.71. The molecule has 0 saturated heterocycles. The van der Waals surface area contributed by atoms with Crippen molar-refractivity contribution in [2.45, 2.75) is 0 Å². The molecule has 0 aliphatic carbocycles. The van der Waals surface area contributed by atoms with E-state index in [1.54, 1.807) is 14.2 Å². The van der Waals surface area contributed by atoms with Crippen LogP contribution in [0.3, 0.4) is 0 Å². The molecule has 7 nitrogen and oxygen atoms in total. The lowest BCUT2D eigenvalue weighted by molar-refractivity contribution is -0.134. The summed E-state index contributed by atoms with van der Waals surface area (Å²) >= 11 is 0. The van der Waals surface area contributed by atoms with Gasteiger partial charge in [0.05, 0.1) is 25.4 Å². The zero-order valence-electron chi connectivity index (χ0n) is 18.6. The third-order valence-electron chi connectivity index (χ3n) is 6.22. The molecule has 0 N–H and O–H groups in total. The highest BCUT2D eigenvalue weighted by atomic mass is 16.5. The maximum Gasteiger partial charge on any atom is 0.261 e. The zero-order valence-corrected chi connectivity index (χ0v) is 18.6. The van der Waals surface area contributed by atoms with Crippen LogP contribution in [0.1, 0.15) is 11.1 Å². The lowest BCUT2D eigenvalue weighted by Gasteiger charge is -2.06. The number of aromatic nitrogens is 2. The standard InChI is InChI=1S/C25H23N3O4/c1-26-12-18(16-10-14(31-4)6-8-20(16)26)22-23(25(30)28(3)24(22)29)19-13-27(2)21-9-7-15(32-5)11-17(19)21/h6-13H,1-5H3. The number of benzene rings is 2. The van der Waals surface area contributed by atoms with Gasteiger partial charge in [0.25, 0.3) is 11.8 Å². The van der Waals surface area contributed by atoms with Crippen molar-refractivity contribution in [3.63, 3.8) is 0 Å². The monoisotopic (exact) mass is 429 g/mol. The molecule has 1 aliphatic heterocycles. The minimum atomic E-state index is -0.319. The number of amides is 2. The maximum absolute atomic E-state index is 13.3. The Balaban J connectivity index is 1.87. The highest BCUT2D eigenvalue weighted by Crippen LogP contribution is 2.42. The van der Waals surface area contributed by atoms with Gasteiger partial charge in [0.1, 0.15) is 11.5 Å². The number of likely N-dealkylation sites (N-methyl/N-ethyl adjacent to an activating group) is 1. The Morgan fingerprint density at radius 1 is 0.656 bits per heavy atom. The molecule has 0 atom stereocenters. The van der Waals surface area contributed by atoms with Gasteiger partial charge in [0, 0.05) is 66.5 Å². The first kappa shape index (κ1) is 19.9. The second kappa shape index (κ2) is 7.02. The van der Waals surface area contributed by atoms with Crippen LogP contribution < -0.4 is 9.47 Å². The highest BCUT2D eigenvalue weighted by molar-refractivity contribution is 6.50. The average molecular weight is 429 g/mol. The molecule has 0 radical (unpaired) electrons. The number of ether oxygens (including phenoxy) is 2. The second-order valence-electron chi connectivity index (χ2n) is 7.99. The number of rotatable bonds is 4. The van der Waals surface area contributed by atoms with Crippen molar-refractivity contribution in [3.05, 3.63) is 59.9 Å². The number of methoxy groups -OCH3 is 2. The Labute approximate surface area is 185 Å². The molecular formula is C25H23N3O4. The third-order valence-corrected chi connectivity index (χ3v) is 6.22. The quantitative estimate of drug-likeness (QED) is 0.465. The van der Waals surface area contributed by atoms with E-state index in [-0.39, 0.29) is 11.8 Å². The topological polar surface area (TPSA) is 65.7 Å². The molecule has 0 fully saturated rings. The van der Waals surface area contributed by atoms with Crippen LogP contribution in [0, 0.1) is 0 Å².